The van der Waals surface area contributed by atoms with E-state index in [9.17, 15) is 9.59 Å². The zero-order chi connectivity index (χ0) is 20.8. The maximum atomic E-state index is 12.5. The Labute approximate surface area is 168 Å². The number of nitrogens with one attached hydrogen (secondary N) is 2. The summed E-state index contributed by atoms with van der Waals surface area (Å²) in [4.78, 5) is 28.2. The number of benzene rings is 2. The Balaban J connectivity index is 1.72. The number of carbonyl (C=O) groups is 2. The molecule has 0 unspecified atom stereocenters. The fraction of sp³-hybridized carbons (Fsp3) is 0.136. The van der Waals surface area contributed by atoms with Crippen molar-refractivity contribution in [3.63, 3.8) is 0 Å². The van der Waals surface area contributed by atoms with Gasteiger partial charge in [-0.1, -0.05) is 12.1 Å². The minimum atomic E-state index is -0.316. The first-order valence-electron chi connectivity index (χ1n) is 8.87. The smallest absolute Gasteiger partial charge is 0.257 e. The third-order valence-corrected chi connectivity index (χ3v) is 4.22. The maximum Gasteiger partial charge on any atom is 0.257 e. The molecule has 2 aromatic carbocycles. The third kappa shape index (κ3) is 4.90. The monoisotopic (exact) mass is 391 g/mol. The van der Waals surface area contributed by atoms with Crippen LogP contribution in [-0.2, 0) is 0 Å². The zero-order valence-corrected chi connectivity index (χ0v) is 16.4. The summed E-state index contributed by atoms with van der Waals surface area (Å²) in [5.41, 5.74) is 2.16. The molecule has 0 atom stereocenters. The summed E-state index contributed by atoms with van der Waals surface area (Å²) in [6.45, 7) is 1.48. The molecule has 7 heteroatoms. The summed E-state index contributed by atoms with van der Waals surface area (Å²) in [5.74, 6) is 1.48. The number of ether oxygens (including phenoxy) is 2. The lowest BCUT2D eigenvalue weighted by molar-refractivity contribution is 0.101. The Morgan fingerprint density at radius 2 is 1.76 bits per heavy atom. The van der Waals surface area contributed by atoms with Crippen LogP contribution in [0.25, 0.3) is 0 Å². The predicted molar refractivity (Wildman–Crippen MR) is 111 cm³/mol. The highest BCUT2D eigenvalue weighted by Gasteiger charge is 2.10. The van der Waals surface area contributed by atoms with Crippen molar-refractivity contribution in [3.8, 4) is 11.5 Å². The van der Waals surface area contributed by atoms with Gasteiger partial charge in [0.25, 0.3) is 5.91 Å². The van der Waals surface area contributed by atoms with Crippen molar-refractivity contribution in [1.29, 1.82) is 0 Å². The fourth-order valence-corrected chi connectivity index (χ4v) is 2.67. The van der Waals surface area contributed by atoms with Gasteiger partial charge < -0.3 is 20.1 Å². The average Bonchev–Trinajstić information content (AvgIpc) is 2.74. The third-order valence-electron chi connectivity index (χ3n) is 4.22. The van der Waals surface area contributed by atoms with Gasteiger partial charge >= 0.3 is 0 Å². The van der Waals surface area contributed by atoms with Crippen molar-refractivity contribution in [3.05, 3.63) is 71.9 Å². The zero-order valence-electron chi connectivity index (χ0n) is 16.4. The lowest BCUT2D eigenvalue weighted by Gasteiger charge is -2.12. The second-order valence-corrected chi connectivity index (χ2v) is 6.21. The summed E-state index contributed by atoms with van der Waals surface area (Å²) in [7, 11) is 3.16. The number of hydrogen-bond acceptors (Lipinski definition) is 6. The van der Waals surface area contributed by atoms with Gasteiger partial charge in [-0.15, -0.1) is 0 Å². The molecule has 1 heterocycles. The van der Waals surface area contributed by atoms with Crippen LogP contribution in [0, 0.1) is 0 Å². The van der Waals surface area contributed by atoms with Crippen molar-refractivity contribution >= 4 is 28.9 Å². The molecule has 148 valence electrons. The van der Waals surface area contributed by atoms with Gasteiger partial charge in [-0.25, -0.2) is 4.98 Å². The first-order valence-corrected chi connectivity index (χ1v) is 8.87. The van der Waals surface area contributed by atoms with Gasteiger partial charge in [0.15, 0.2) is 5.78 Å². The number of nitrogens with zero attached hydrogens (tertiary/aromatic N) is 1. The predicted octanol–water partition coefficient (Wildman–Crippen LogP) is 4.30. The minimum Gasteiger partial charge on any atom is -0.497 e. The van der Waals surface area contributed by atoms with Crippen molar-refractivity contribution < 1.29 is 19.1 Å². The summed E-state index contributed by atoms with van der Waals surface area (Å²) in [6, 6.07) is 15.5. The summed E-state index contributed by atoms with van der Waals surface area (Å²) in [5, 5.41) is 5.92. The second-order valence-electron chi connectivity index (χ2n) is 6.21. The van der Waals surface area contributed by atoms with Crippen molar-refractivity contribution in [2.75, 3.05) is 24.9 Å². The van der Waals surface area contributed by atoms with Gasteiger partial charge in [-0.3, -0.25) is 9.59 Å². The van der Waals surface area contributed by atoms with Gasteiger partial charge in [-0.05, 0) is 43.3 Å². The molecule has 3 rings (SSSR count). The minimum absolute atomic E-state index is 0.0637. The van der Waals surface area contributed by atoms with E-state index >= 15 is 0 Å². The molecule has 1 aromatic heterocycles. The van der Waals surface area contributed by atoms with Crippen LogP contribution in [-0.4, -0.2) is 30.9 Å². The van der Waals surface area contributed by atoms with Crippen molar-refractivity contribution in [1.82, 2.24) is 4.98 Å². The van der Waals surface area contributed by atoms with Gasteiger partial charge in [0.1, 0.15) is 17.3 Å². The number of aromatic nitrogens is 1. The van der Waals surface area contributed by atoms with Gasteiger partial charge in [0.2, 0.25) is 0 Å². The molecule has 1 amide bonds. The number of carbonyl (C=O) groups excluding carboxylic acids is 2. The Bertz CT molecular complexity index is 1030. The molecule has 0 aliphatic rings. The van der Waals surface area contributed by atoms with E-state index in [0.717, 1.165) is 0 Å². The number of Topliss-reactive ketones (excluding diaryl/α,β-unsaturated/α-hetero) is 1. The van der Waals surface area contributed by atoms with E-state index in [1.807, 2.05) is 0 Å². The molecule has 2 N–H and O–H groups in total. The molecule has 29 heavy (non-hydrogen) atoms. The Morgan fingerprint density at radius 3 is 2.41 bits per heavy atom. The van der Waals surface area contributed by atoms with Crippen LogP contribution in [0.3, 0.4) is 0 Å². The lowest BCUT2D eigenvalue weighted by atomic mass is 10.1. The topological polar surface area (TPSA) is 89.5 Å². The van der Waals surface area contributed by atoms with Crippen LogP contribution >= 0.6 is 0 Å². The van der Waals surface area contributed by atoms with Crippen molar-refractivity contribution in [2.45, 2.75) is 6.92 Å². The van der Waals surface area contributed by atoms with Crippen LogP contribution in [0.2, 0.25) is 0 Å². The number of rotatable bonds is 7. The molecule has 0 saturated heterocycles. The first-order chi connectivity index (χ1) is 14.0. The van der Waals surface area contributed by atoms with Gasteiger partial charge in [-0.2, -0.15) is 0 Å². The largest absolute Gasteiger partial charge is 0.497 e. The lowest BCUT2D eigenvalue weighted by Crippen LogP contribution is -2.12. The Hall–Kier alpha value is -3.87. The maximum absolute atomic E-state index is 12.5. The van der Waals surface area contributed by atoms with E-state index in [1.165, 1.54) is 13.1 Å². The van der Waals surface area contributed by atoms with Crippen LogP contribution in [0.5, 0.6) is 11.5 Å². The highest BCUT2D eigenvalue weighted by atomic mass is 16.5. The first kappa shape index (κ1) is 19.9. The normalized spacial score (nSPS) is 10.2. The SMILES string of the molecule is COc1ccc(OC)c(Nc2ccc(C(=O)Nc3cccc(C(C)=O)c3)cn2)c1. The number of anilines is 3. The molecule has 0 aliphatic heterocycles. The van der Waals surface area contributed by atoms with E-state index in [0.29, 0.717) is 39.8 Å². The van der Waals surface area contributed by atoms with Crippen molar-refractivity contribution in [2.24, 2.45) is 0 Å². The standard InChI is InChI=1S/C22H21N3O4/c1-14(26)15-5-4-6-17(11-15)24-22(27)16-7-10-21(23-13-16)25-19-12-18(28-2)8-9-20(19)29-3/h4-13H,1-3H3,(H,23,25)(H,24,27). The van der Waals surface area contributed by atoms with Crippen LogP contribution in [0.1, 0.15) is 27.6 Å². The summed E-state index contributed by atoms with van der Waals surface area (Å²) in [6.07, 6.45) is 1.47. The molecular weight excluding hydrogens is 370 g/mol. The molecule has 0 saturated carbocycles. The van der Waals surface area contributed by atoms with E-state index < -0.39 is 0 Å². The number of pyridine rings is 1. The number of methoxy groups -OCH3 is 2. The quantitative estimate of drug-likeness (QED) is 0.584. The fourth-order valence-electron chi connectivity index (χ4n) is 2.67. The summed E-state index contributed by atoms with van der Waals surface area (Å²) >= 11 is 0. The highest BCUT2D eigenvalue weighted by Crippen LogP contribution is 2.31. The van der Waals surface area contributed by atoms with Gasteiger partial charge in [0.05, 0.1) is 25.5 Å². The average molecular weight is 391 g/mol. The highest BCUT2D eigenvalue weighted by molar-refractivity contribution is 6.05. The van der Waals surface area contributed by atoms with E-state index in [1.54, 1.807) is 68.8 Å². The molecule has 0 aliphatic carbocycles. The second kappa shape index (κ2) is 8.88. The molecular formula is C22H21N3O4. The number of ketones is 1. The summed E-state index contributed by atoms with van der Waals surface area (Å²) < 4.78 is 10.6. The van der Waals surface area contributed by atoms with Crippen LogP contribution < -0.4 is 20.1 Å². The van der Waals surface area contributed by atoms with Crippen LogP contribution in [0.15, 0.2) is 60.8 Å². The number of amides is 1. The molecule has 7 nitrogen and oxygen atoms in total. The number of hydrogen-bond donors (Lipinski definition) is 2. The Kier molecular flexibility index (Phi) is 6.09. The molecule has 0 bridgehead atoms. The molecule has 3 aromatic rings. The van der Waals surface area contributed by atoms with Gasteiger partial charge in [0, 0.05) is 23.5 Å². The van der Waals surface area contributed by atoms with E-state index in [2.05, 4.69) is 15.6 Å². The van der Waals surface area contributed by atoms with E-state index in [4.69, 9.17) is 9.47 Å². The Morgan fingerprint density at radius 1 is 0.931 bits per heavy atom. The molecule has 0 spiro atoms. The van der Waals surface area contributed by atoms with E-state index in [-0.39, 0.29) is 11.7 Å². The molecule has 0 fully saturated rings. The molecule has 0 radical (unpaired) electrons. The van der Waals surface area contributed by atoms with Crippen LogP contribution in [0.4, 0.5) is 17.2 Å².